The highest BCUT2D eigenvalue weighted by molar-refractivity contribution is 8.00. The molecule has 2 atom stereocenters. The second-order valence-electron chi connectivity index (χ2n) is 8.94. The van der Waals surface area contributed by atoms with Crippen LogP contribution < -0.4 is 10.1 Å². The number of carbonyl (C=O) groups excluding carboxylic acids is 3. The van der Waals surface area contributed by atoms with Gasteiger partial charge in [0.15, 0.2) is 5.70 Å². The van der Waals surface area contributed by atoms with Crippen molar-refractivity contribution in [3.8, 4) is 5.75 Å². The van der Waals surface area contributed by atoms with Crippen molar-refractivity contribution in [1.82, 2.24) is 15.1 Å². The van der Waals surface area contributed by atoms with E-state index >= 15 is 0 Å². The molecule has 5 rings (SSSR count). The molecule has 2 aromatic rings. The minimum absolute atomic E-state index is 0.0692. The highest BCUT2D eigenvalue weighted by Gasteiger charge is 2.55. The summed E-state index contributed by atoms with van der Waals surface area (Å²) in [6, 6.07) is 16.0. The van der Waals surface area contributed by atoms with E-state index in [1.807, 2.05) is 42.5 Å². The van der Waals surface area contributed by atoms with Crippen LogP contribution >= 0.6 is 11.8 Å². The summed E-state index contributed by atoms with van der Waals surface area (Å²) >= 11 is 1.54. The molecular formula is C27H29N3O6S. The summed E-state index contributed by atoms with van der Waals surface area (Å²) in [6.45, 7) is 2.44. The Morgan fingerprint density at radius 1 is 1.05 bits per heavy atom. The van der Waals surface area contributed by atoms with Crippen molar-refractivity contribution in [3.63, 3.8) is 0 Å². The third-order valence-corrected chi connectivity index (χ3v) is 7.85. The van der Waals surface area contributed by atoms with Crippen LogP contribution in [0.2, 0.25) is 0 Å². The van der Waals surface area contributed by atoms with Gasteiger partial charge in [-0.1, -0.05) is 42.5 Å². The lowest BCUT2D eigenvalue weighted by Crippen LogP contribution is -2.71. The van der Waals surface area contributed by atoms with Crippen LogP contribution in [0, 0.1) is 0 Å². The highest BCUT2D eigenvalue weighted by atomic mass is 32.2. The monoisotopic (exact) mass is 523 g/mol. The van der Waals surface area contributed by atoms with E-state index < -0.39 is 12.0 Å². The number of esters is 1. The molecule has 0 unspecified atom stereocenters. The molecule has 37 heavy (non-hydrogen) atoms. The second kappa shape index (κ2) is 11.3. The summed E-state index contributed by atoms with van der Waals surface area (Å²) in [5.41, 5.74) is 2.71. The van der Waals surface area contributed by atoms with Crippen molar-refractivity contribution in [3.05, 3.63) is 77.1 Å². The normalized spacial score (nSPS) is 21.2. The average molecular weight is 524 g/mol. The Bertz CT molecular complexity index is 1180. The molecule has 0 bridgehead atoms. The van der Waals surface area contributed by atoms with E-state index in [0.717, 1.165) is 16.8 Å². The fraction of sp³-hybridized carbons (Fsp3) is 0.370. The van der Waals surface area contributed by atoms with E-state index in [1.54, 1.807) is 31.0 Å². The standard InChI is InChI=1S/C27H29N3O6S/c1-34-20-9-7-19(8-10-20)16-36-27(33)24-21(29-11-13-35-14-12-29)17-37-26-23(25(32)30(24)26)28-22(31)15-18-5-3-2-4-6-18/h2-10,23,26H,11-17H2,1H3,(H,28,31)/t23-,26-/m1/s1. The molecule has 2 aromatic carbocycles. The molecular weight excluding hydrogens is 494 g/mol. The van der Waals surface area contributed by atoms with E-state index in [9.17, 15) is 14.4 Å². The Kier molecular flexibility index (Phi) is 7.66. The zero-order valence-corrected chi connectivity index (χ0v) is 21.4. The van der Waals surface area contributed by atoms with Crippen molar-refractivity contribution in [1.29, 1.82) is 0 Å². The summed E-state index contributed by atoms with van der Waals surface area (Å²) in [7, 11) is 1.59. The molecule has 1 N–H and O–H groups in total. The predicted molar refractivity (Wildman–Crippen MR) is 137 cm³/mol. The molecule has 3 aliphatic heterocycles. The number of nitrogens with zero attached hydrogens (tertiary/aromatic N) is 2. The first-order valence-corrected chi connectivity index (χ1v) is 13.2. The van der Waals surface area contributed by atoms with Gasteiger partial charge in [0.05, 0.1) is 32.4 Å². The summed E-state index contributed by atoms with van der Waals surface area (Å²) in [5.74, 6) is 0.167. The van der Waals surface area contributed by atoms with Crippen molar-refractivity contribution in [2.24, 2.45) is 0 Å². The fourth-order valence-corrected chi connectivity index (χ4v) is 6.00. The number of methoxy groups -OCH3 is 1. The van der Waals surface area contributed by atoms with Crippen molar-refractivity contribution < 1.29 is 28.6 Å². The summed E-state index contributed by atoms with van der Waals surface area (Å²) in [6.07, 6.45) is 0.188. The molecule has 9 nitrogen and oxygen atoms in total. The minimum atomic E-state index is -0.683. The number of thioether (sulfide) groups is 1. The molecule has 2 saturated heterocycles. The number of nitrogens with one attached hydrogen (secondary N) is 1. The van der Waals surface area contributed by atoms with E-state index in [1.165, 1.54) is 4.90 Å². The van der Waals surface area contributed by atoms with Gasteiger partial charge in [0.25, 0.3) is 5.91 Å². The number of carbonyl (C=O) groups is 3. The van der Waals surface area contributed by atoms with E-state index in [0.29, 0.717) is 37.8 Å². The topological polar surface area (TPSA) is 97.4 Å². The van der Waals surface area contributed by atoms with Crippen LogP contribution in [0.4, 0.5) is 0 Å². The SMILES string of the molecule is COc1ccc(COC(=O)C2=C(N3CCOCC3)CS[C@@H]3[C@H](NC(=O)Cc4ccccc4)C(=O)N23)cc1. The van der Waals surface area contributed by atoms with E-state index in [4.69, 9.17) is 14.2 Å². The molecule has 3 heterocycles. The van der Waals surface area contributed by atoms with E-state index in [2.05, 4.69) is 10.2 Å². The number of rotatable bonds is 8. The van der Waals surface area contributed by atoms with Crippen LogP contribution in [0.1, 0.15) is 11.1 Å². The Labute approximate surface area is 219 Å². The number of β-lactam (4-membered cyclic amide) rings is 1. The van der Waals surface area contributed by atoms with E-state index in [-0.39, 0.29) is 35.9 Å². The Morgan fingerprint density at radius 3 is 2.49 bits per heavy atom. The minimum Gasteiger partial charge on any atom is -0.497 e. The van der Waals surface area contributed by atoms with Gasteiger partial charge in [0.1, 0.15) is 23.8 Å². The maximum atomic E-state index is 13.4. The van der Waals surface area contributed by atoms with Gasteiger partial charge in [0, 0.05) is 18.8 Å². The summed E-state index contributed by atoms with van der Waals surface area (Å²) < 4.78 is 16.3. The average Bonchev–Trinajstić information content (AvgIpc) is 2.95. The molecule has 194 valence electrons. The van der Waals surface area contributed by atoms with Crippen LogP contribution in [0.5, 0.6) is 5.75 Å². The Balaban J connectivity index is 1.31. The zero-order valence-electron chi connectivity index (χ0n) is 20.6. The van der Waals surface area contributed by atoms with Gasteiger partial charge in [-0.2, -0.15) is 0 Å². The number of benzene rings is 2. The predicted octanol–water partition coefficient (Wildman–Crippen LogP) is 1.92. The largest absolute Gasteiger partial charge is 0.497 e. The summed E-state index contributed by atoms with van der Waals surface area (Å²) in [5, 5.41) is 2.50. The van der Waals surface area contributed by atoms with Crippen LogP contribution in [-0.4, -0.2) is 78.2 Å². The van der Waals surface area contributed by atoms with Crippen LogP contribution in [0.3, 0.4) is 0 Å². The third kappa shape index (κ3) is 5.45. The number of hydrogen-bond acceptors (Lipinski definition) is 8. The fourth-order valence-electron chi connectivity index (χ4n) is 4.61. The number of morpholine rings is 1. The van der Waals surface area contributed by atoms with Crippen molar-refractivity contribution >= 4 is 29.5 Å². The van der Waals surface area contributed by atoms with Gasteiger partial charge in [-0.3, -0.25) is 14.5 Å². The molecule has 0 aromatic heterocycles. The molecule has 0 spiro atoms. The molecule has 2 fully saturated rings. The second-order valence-corrected chi connectivity index (χ2v) is 10.0. The van der Waals surface area contributed by atoms with Gasteiger partial charge in [-0.25, -0.2) is 4.79 Å². The highest BCUT2D eigenvalue weighted by Crippen LogP contribution is 2.41. The lowest BCUT2D eigenvalue weighted by molar-refractivity contribution is -0.153. The number of ether oxygens (including phenoxy) is 3. The van der Waals surface area contributed by atoms with Gasteiger partial charge in [-0.15, -0.1) is 11.8 Å². The van der Waals surface area contributed by atoms with Crippen molar-refractivity contribution in [2.45, 2.75) is 24.4 Å². The Morgan fingerprint density at radius 2 is 1.78 bits per heavy atom. The number of hydrogen-bond donors (Lipinski definition) is 1. The van der Waals surface area contributed by atoms with Gasteiger partial charge in [-0.05, 0) is 23.3 Å². The number of amides is 2. The molecule has 0 saturated carbocycles. The summed E-state index contributed by atoms with van der Waals surface area (Å²) in [4.78, 5) is 42.9. The maximum Gasteiger partial charge on any atom is 0.357 e. The molecule has 2 amide bonds. The molecule has 3 aliphatic rings. The first kappa shape index (κ1) is 25.2. The first-order chi connectivity index (χ1) is 18.0. The van der Waals surface area contributed by atoms with Crippen molar-refractivity contribution in [2.75, 3.05) is 39.2 Å². The maximum absolute atomic E-state index is 13.4. The lowest BCUT2D eigenvalue weighted by Gasteiger charge is -2.51. The molecule has 10 heteroatoms. The van der Waals surface area contributed by atoms with Crippen LogP contribution in [-0.2, 0) is 36.9 Å². The van der Waals surface area contributed by atoms with Crippen LogP contribution in [0.15, 0.2) is 66.0 Å². The molecule has 0 aliphatic carbocycles. The first-order valence-electron chi connectivity index (χ1n) is 12.2. The molecule has 0 radical (unpaired) electrons. The Hall–Kier alpha value is -3.50. The quantitative estimate of drug-likeness (QED) is 0.414. The zero-order chi connectivity index (χ0) is 25.8. The number of fused-ring (bicyclic) bond motifs is 1. The van der Waals surface area contributed by atoms with Gasteiger partial charge >= 0.3 is 5.97 Å². The lowest BCUT2D eigenvalue weighted by atomic mass is 10.0. The van der Waals surface area contributed by atoms with Gasteiger partial charge < -0.3 is 24.4 Å². The van der Waals surface area contributed by atoms with Gasteiger partial charge in [0.2, 0.25) is 5.91 Å². The van der Waals surface area contributed by atoms with Crippen LogP contribution in [0.25, 0.3) is 0 Å². The smallest absolute Gasteiger partial charge is 0.357 e. The third-order valence-electron chi connectivity index (χ3n) is 6.59.